The van der Waals surface area contributed by atoms with Gasteiger partial charge >= 0.3 is 0 Å². The lowest BCUT2D eigenvalue weighted by molar-refractivity contribution is 0.402. The first-order valence-electron chi connectivity index (χ1n) is 6.39. The lowest BCUT2D eigenvalue weighted by atomic mass is 9.77. The highest BCUT2D eigenvalue weighted by atomic mass is 35.5. The van der Waals surface area contributed by atoms with E-state index in [0.717, 1.165) is 13.0 Å². The quantitative estimate of drug-likeness (QED) is 0.796. The van der Waals surface area contributed by atoms with Crippen LogP contribution >= 0.6 is 12.4 Å². The summed E-state index contributed by atoms with van der Waals surface area (Å²) in [6.45, 7) is 8.56. The molecule has 0 fully saturated rings. The van der Waals surface area contributed by atoms with Crippen LogP contribution in [0.5, 0.6) is 0 Å². The Labute approximate surface area is 116 Å². The van der Waals surface area contributed by atoms with Crippen molar-refractivity contribution in [1.29, 1.82) is 0 Å². The second-order valence-electron chi connectivity index (χ2n) is 4.67. The fourth-order valence-electron chi connectivity index (χ4n) is 2.80. The lowest BCUT2D eigenvalue weighted by Gasteiger charge is -2.33. The molecule has 1 aliphatic rings. The Kier molecular flexibility index (Phi) is 6.17. The highest BCUT2D eigenvalue weighted by Crippen LogP contribution is 2.34. The van der Waals surface area contributed by atoms with Gasteiger partial charge < -0.3 is 5.32 Å². The van der Waals surface area contributed by atoms with Crippen LogP contribution in [0, 0.1) is 0 Å². The average Bonchev–Trinajstić information content (AvgIpc) is 2.38. The van der Waals surface area contributed by atoms with Crippen molar-refractivity contribution in [2.24, 2.45) is 0 Å². The summed E-state index contributed by atoms with van der Waals surface area (Å²) in [7, 11) is 0. The largest absolute Gasteiger partial charge is 0.310 e. The first-order valence-corrected chi connectivity index (χ1v) is 6.39. The maximum atomic E-state index is 3.89. The van der Waals surface area contributed by atoms with Crippen LogP contribution in [-0.4, -0.2) is 12.6 Å². The molecule has 2 heteroatoms. The molecule has 1 N–H and O–H groups in total. The number of fused-ring (bicyclic) bond motifs is 1. The van der Waals surface area contributed by atoms with Crippen molar-refractivity contribution in [2.45, 2.75) is 31.2 Å². The Morgan fingerprint density at radius 3 is 2.72 bits per heavy atom. The maximum absolute atomic E-state index is 3.89. The van der Waals surface area contributed by atoms with Crippen LogP contribution in [0.3, 0.4) is 0 Å². The van der Waals surface area contributed by atoms with Crippen LogP contribution in [0.2, 0.25) is 0 Å². The smallest absolute Gasteiger partial charge is 0.0145 e. The summed E-state index contributed by atoms with van der Waals surface area (Å²) >= 11 is 0. The van der Waals surface area contributed by atoms with E-state index in [1.165, 1.54) is 24.0 Å². The second kappa shape index (κ2) is 7.40. The third kappa shape index (κ3) is 3.24. The summed E-state index contributed by atoms with van der Waals surface area (Å²) in [4.78, 5) is 0. The van der Waals surface area contributed by atoms with Crippen LogP contribution in [0.25, 0.3) is 0 Å². The van der Waals surface area contributed by atoms with E-state index in [9.17, 15) is 0 Å². The second-order valence-corrected chi connectivity index (χ2v) is 4.67. The molecular formula is C16H22ClN. The fraction of sp³-hybridized carbons (Fsp3) is 0.375. The third-order valence-corrected chi connectivity index (χ3v) is 3.61. The Bertz CT molecular complexity index is 400. The molecule has 0 amide bonds. The Morgan fingerprint density at radius 1 is 1.22 bits per heavy atom. The van der Waals surface area contributed by atoms with Gasteiger partial charge in [-0.15, -0.1) is 25.6 Å². The number of benzene rings is 1. The first kappa shape index (κ1) is 15.0. The topological polar surface area (TPSA) is 12.0 Å². The molecule has 1 nitrogen and oxygen atoms in total. The van der Waals surface area contributed by atoms with Crippen LogP contribution in [0.15, 0.2) is 49.6 Å². The molecule has 1 aliphatic carbocycles. The van der Waals surface area contributed by atoms with Gasteiger partial charge in [0.1, 0.15) is 0 Å². The monoisotopic (exact) mass is 263 g/mol. The maximum Gasteiger partial charge on any atom is 0.0145 e. The zero-order valence-electron chi connectivity index (χ0n) is 10.8. The van der Waals surface area contributed by atoms with Gasteiger partial charge in [0.25, 0.3) is 0 Å². The van der Waals surface area contributed by atoms with E-state index in [1.807, 2.05) is 12.2 Å². The van der Waals surface area contributed by atoms with Gasteiger partial charge in [0.2, 0.25) is 0 Å². The molecule has 98 valence electrons. The zero-order valence-corrected chi connectivity index (χ0v) is 11.6. The zero-order chi connectivity index (χ0) is 12.1. The lowest BCUT2D eigenvalue weighted by Crippen LogP contribution is -2.38. The minimum atomic E-state index is 0. The van der Waals surface area contributed by atoms with Crippen molar-refractivity contribution < 1.29 is 0 Å². The molecule has 0 aliphatic heterocycles. The summed E-state index contributed by atoms with van der Waals surface area (Å²) in [5.74, 6) is 0.567. The Morgan fingerprint density at radius 2 is 2.00 bits per heavy atom. The van der Waals surface area contributed by atoms with Gasteiger partial charge in [-0.05, 0) is 30.4 Å². The number of hydrogen-bond acceptors (Lipinski definition) is 1. The van der Waals surface area contributed by atoms with Gasteiger partial charge in [-0.25, -0.2) is 0 Å². The van der Waals surface area contributed by atoms with Crippen LogP contribution < -0.4 is 5.32 Å². The van der Waals surface area contributed by atoms with E-state index in [-0.39, 0.29) is 12.4 Å². The molecular weight excluding hydrogens is 242 g/mol. The molecule has 1 aromatic carbocycles. The van der Waals surface area contributed by atoms with Gasteiger partial charge in [-0.2, -0.15) is 0 Å². The van der Waals surface area contributed by atoms with Crippen molar-refractivity contribution >= 4 is 12.4 Å². The number of rotatable bonds is 5. The third-order valence-electron chi connectivity index (χ3n) is 3.61. The number of nitrogens with one attached hydrogen (secondary N) is 1. The summed E-state index contributed by atoms with van der Waals surface area (Å²) in [5, 5.41) is 3.58. The number of allylic oxidation sites excluding steroid dienone is 1. The standard InChI is InChI=1S/C16H21N.ClH/c1-3-7-15-14-9-6-5-8-13(14)10-11-16(15)17-12-4-2;/h3-6,8-9,15-17H,1-2,7,10-12H2;1H. The van der Waals surface area contributed by atoms with E-state index in [1.54, 1.807) is 0 Å². The minimum Gasteiger partial charge on any atom is -0.310 e. The normalized spacial score (nSPS) is 21.6. The number of halogens is 1. The number of hydrogen-bond donors (Lipinski definition) is 1. The van der Waals surface area contributed by atoms with Gasteiger partial charge in [0.05, 0.1) is 0 Å². The molecule has 0 heterocycles. The van der Waals surface area contributed by atoms with Crippen LogP contribution in [0.4, 0.5) is 0 Å². The van der Waals surface area contributed by atoms with Crippen molar-refractivity contribution in [2.75, 3.05) is 6.54 Å². The highest BCUT2D eigenvalue weighted by molar-refractivity contribution is 5.85. The molecule has 0 spiro atoms. The Balaban J connectivity index is 0.00000162. The summed E-state index contributed by atoms with van der Waals surface area (Å²) in [6, 6.07) is 9.37. The highest BCUT2D eigenvalue weighted by Gasteiger charge is 2.27. The molecule has 0 radical (unpaired) electrons. The molecule has 2 atom stereocenters. The molecule has 0 saturated carbocycles. The van der Waals surface area contributed by atoms with Crippen molar-refractivity contribution in [1.82, 2.24) is 5.32 Å². The van der Waals surface area contributed by atoms with Crippen molar-refractivity contribution in [3.8, 4) is 0 Å². The van der Waals surface area contributed by atoms with Crippen molar-refractivity contribution in [3.05, 3.63) is 60.7 Å². The summed E-state index contributed by atoms with van der Waals surface area (Å²) < 4.78 is 0. The fourth-order valence-corrected chi connectivity index (χ4v) is 2.80. The summed E-state index contributed by atoms with van der Waals surface area (Å²) in [5.41, 5.74) is 3.01. The summed E-state index contributed by atoms with van der Waals surface area (Å²) in [6.07, 6.45) is 7.41. The van der Waals surface area contributed by atoms with E-state index < -0.39 is 0 Å². The number of aryl methyl sites for hydroxylation is 1. The van der Waals surface area contributed by atoms with Crippen molar-refractivity contribution in [3.63, 3.8) is 0 Å². The molecule has 0 aromatic heterocycles. The molecule has 2 unspecified atom stereocenters. The minimum absolute atomic E-state index is 0. The average molecular weight is 264 g/mol. The molecule has 2 rings (SSSR count). The molecule has 0 bridgehead atoms. The molecule has 1 aromatic rings. The van der Waals surface area contributed by atoms with Crippen LogP contribution in [-0.2, 0) is 6.42 Å². The van der Waals surface area contributed by atoms with Gasteiger partial charge in [-0.1, -0.05) is 36.4 Å². The van der Waals surface area contributed by atoms with E-state index in [0.29, 0.717) is 12.0 Å². The molecule has 0 saturated heterocycles. The SMILES string of the molecule is C=CCNC1CCc2ccccc2C1CC=C.Cl. The van der Waals surface area contributed by atoms with E-state index in [2.05, 4.69) is 42.7 Å². The first-order chi connectivity index (χ1) is 8.36. The van der Waals surface area contributed by atoms with Crippen LogP contribution in [0.1, 0.15) is 29.9 Å². The van der Waals surface area contributed by atoms with Gasteiger partial charge in [0.15, 0.2) is 0 Å². The van der Waals surface area contributed by atoms with Gasteiger partial charge in [0, 0.05) is 18.5 Å². The Hall–Kier alpha value is -1.05. The predicted molar refractivity (Wildman–Crippen MR) is 81.6 cm³/mol. The van der Waals surface area contributed by atoms with Gasteiger partial charge in [-0.3, -0.25) is 0 Å². The molecule has 18 heavy (non-hydrogen) atoms. The predicted octanol–water partition coefficient (Wildman–Crippen LogP) is 3.86. The van der Waals surface area contributed by atoms with E-state index in [4.69, 9.17) is 0 Å². The van der Waals surface area contributed by atoms with E-state index >= 15 is 0 Å².